The van der Waals surface area contributed by atoms with Gasteiger partial charge in [-0.05, 0) is 23.6 Å². The van der Waals surface area contributed by atoms with Crippen LogP contribution in [0, 0.1) is 0 Å². The quantitative estimate of drug-likeness (QED) is 0.874. The molecule has 0 aliphatic heterocycles. The summed E-state index contributed by atoms with van der Waals surface area (Å²) in [5.41, 5.74) is 1.26. The SMILES string of the molecule is O=C(O)c1sccc1Nc1ccccc1Cl. The number of halogens is 1. The van der Waals surface area contributed by atoms with Crippen LogP contribution in [0.3, 0.4) is 0 Å². The summed E-state index contributed by atoms with van der Waals surface area (Å²) < 4.78 is 0. The van der Waals surface area contributed by atoms with Crippen LogP contribution < -0.4 is 5.32 Å². The average molecular weight is 254 g/mol. The van der Waals surface area contributed by atoms with Crippen molar-refractivity contribution in [2.24, 2.45) is 0 Å². The number of carboxylic acids is 1. The Morgan fingerprint density at radius 2 is 2.00 bits per heavy atom. The third-order valence-corrected chi connectivity index (χ3v) is 3.23. The summed E-state index contributed by atoms with van der Waals surface area (Å²) >= 11 is 7.14. The number of para-hydroxylation sites is 1. The summed E-state index contributed by atoms with van der Waals surface area (Å²) in [6.07, 6.45) is 0. The predicted octanol–water partition coefficient (Wildman–Crippen LogP) is 3.84. The van der Waals surface area contributed by atoms with Gasteiger partial charge in [0.05, 0.1) is 16.4 Å². The molecule has 0 atom stereocenters. The number of thiophene rings is 1. The number of rotatable bonds is 3. The molecule has 0 saturated carbocycles. The number of nitrogens with one attached hydrogen (secondary N) is 1. The fraction of sp³-hybridized carbons (Fsp3) is 0. The van der Waals surface area contributed by atoms with Crippen LogP contribution in [0.25, 0.3) is 0 Å². The average Bonchev–Trinajstić information content (AvgIpc) is 2.69. The first-order chi connectivity index (χ1) is 7.68. The van der Waals surface area contributed by atoms with E-state index in [2.05, 4.69) is 5.32 Å². The number of anilines is 2. The lowest BCUT2D eigenvalue weighted by Gasteiger charge is -2.06. The molecule has 3 nitrogen and oxygen atoms in total. The van der Waals surface area contributed by atoms with Gasteiger partial charge in [-0.1, -0.05) is 23.7 Å². The maximum atomic E-state index is 10.9. The Morgan fingerprint density at radius 1 is 1.25 bits per heavy atom. The molecule has 1 aromatic heterocycles. The number of carbonyl (C=O) groups is 1. The Labute approximate surface area is 101 Å². The zero-order valence-corrected chi connectivity index (χ0v) is 9.68. The third-order valence-electron chi connectivity index (χ3n) is 2.00. The van der Waals surface area contributed by atoms with Crippen molar-refractivity contribution in [1.29, 1.82) is 0 Å². The Balaban J connectivity index is 2.31. The fourth-order valence-electron chi connectivity index (χ4n) is 1.28. The lowest BCUT2D eigenvalue weighted by atomic mass is 10.3. The van der Waals surface area contributed by atoms with E-state index in [0.29, 0.717) is 16.4 Å². The summed E-state index contributed by atoms with van der Waals surface area (Å²) in [4.78, 5) is 11.2. The molecule has 0 aliphatic rings. The van der Waals surface area contributed by atoms with Crippen LogP contribution >= 0.6 is 22.9 Å². The minimum absolute atomic E-state index is 0.278. The zero-order chi connectivity index (χ0) is 11.5. The van der Waals surface area contributed by atoms with Gasteiger partial charge in [0, 0.05) is 0 Å². The number of aromatic carboxylic acids is 1. The van der Waals surface area contributed by atoms with Crippen molar-refractivity contribution in [1.82, 2.24) is 0 Å². The first-order valence-electron chi connectivity index (χ1n) is 4.51. The Hall–Kier alpha value is -1.52. The summed E-state index contributed by atoms with van der Waals surface area (Å²) in [5.74, 6) is -0.940. The minimum Gasteiger partial charge on any atom is -0.477 e. The molecule has 0 aliphatic carbocycles. The summed E-state index contributed by atoms with van der Waals surface area (Å²) in [6.45, 7) is 0. The van der Waals surface area contributed by atoms with Gasteiger partial charge < -0.3 is 10.4 Å². The van der Waals surface area contributed by atoms with Gasteiger partial charge in [-0.15, -0.1) is 11.3 Å². The van der Waals surface area contributed by atoms with Crippen LogP contribution in [0.1, 0.15) is 9.67 Å². The predicted molar refractivity (Wildman–Crippen MR) is 66.0 cm³/mol. The molecule has 1 aromatic carbocycles. The van der Waals surface area contributed by atoms with E-state index in [1.54, 1.807) is 23.6 Å². The highest BCUT2D eigenvalue weighted by molar-refractivity contribution is 7.12. The van der Waals surface area contributed by atoms with Crippen LogP contribution in [0.2, 0.25) is 5.02 Å². The van der Waals surface area contributed by atoms with Gasteiger partial charge in [-0.3, -0.25) is 0 Å². The van der Waals surface area contributed by atoms with E-state index < -0.39 is 5.97 Å². The van der Waals surface area contributed by atoms with Crippen molar-refractivity contribution >= 4 is 40.3 Å². The molecule has 82 valence electrons. The van der Waals surface area contributed by atoms with E-state index in [1.165, 1.54) is 11.3 Å². The standard InChI is InChI=1S/C11H8ClNO2S/c12-7-3-1-2-4-8(7)13-9-5-6-16-10(9)11(14)15/h1-6,13H,(H,14,15). The highest BCUT2D eigenvalue weighted by Gasteiger charge is 2.12. The molecule has 0 unspecified atom stereocenters. The maximum Gasteiger partial charge on any atom is 0.348 e. The Bertz CT molecular complexity index is 524. The van der Waals surface area contributed by atoms with Crippen molar-refractivity contribution < 1.29 is 9.90 Å². The lowest BCUT2D eigenvalue weighted by Crippen LogP contribution is -1.98. The van der Waals surface area contributed by atoms with E-state index >= 15 is 0 Å². The molecule has 0 radical (unpaired) electrons. The second-order valence-electron chi connectivity index (χ2n) is 3.07. The van der Waals surface area contributed by atoms with Crippen LogP contribution in [-0.2, 0) is 0 Å². The zero-order valence-electron chi connectivity index (χ0n) is 8.11. The molecule has 0 fully saturated rings. The summed E-state index contributed by atoms with van der Waals surface area (Å²) in [7, 11) is 0. The van der Waals surface area contributed by atoms with E-state index in [-0.39, 0.29) is 4.88 Å². The first kappa shape index (κ1) is 11.0. The molecule has 1 heterocycles. The van der Waals surface area contributed by atoms with Gasteiger partial charge in [0.1, 0.15) is 4.88 Å². The molecule has 2 rings (SSSR count). The molecular formula is C11H8ClNO2S. The van der Waals surface area contributed by atoms with Crippen molar-refractivity contribution in [3.05, 3.63) is 45.6 Å². The van der Waals surface area contributed by atoms with Crippen LogP contribution in [0.15, 0.2) is 35.7 Å². The van der Waals surface area contributed by atoms with Gasteiger partial charge >= 0.3 is 5.97 Å². The van der Waals surface area contributed by atoms with Crippen LogP contribution in [0.4, 0.5) is 11.4 Å². The van der Waals surface area contributed by atoms with E-state index in [9.17, 15) is 4.79 Å². The molecular weight excluding hydrogens is 246 g/mol. The Morgan fingerprint density at radius 3 is 2.69 bits per heavy atom. The lowest BCUT2D eigenvalue weighted by molar-refractivity contribution is 0.0703. The van der Waals surface area contributed by atoms with E-state index in [1.807, 2.05) is 12.1 Å². The Kier molecular flexibility index (Phi) is 3.12. The highest BCUT2D eigenvalue weighted by atomic mass is 35.5. The van der Waals surface area contributed by atoms with Crippen LogP contribution in [-0.4, -0.2) is 11.1 Å². The van der Waals surface area contributed by atoms with Crippen molar-refractivity contribution in [3.63, 3.8) is 0 Å². The monoisotopic (exact) mass is 253 g/mol. The minimum atomic E-state index is -0.940. The van der Waals surface area contributed by atoms with Gasteiger partial charge in [0.15, 0.2) is 0 Å². The van der Waals surface area contributed by atoms with E-state index in [0.717, 1.165) is 0 Å². The van der Waals surface area contributed by atoms with Gasteiger partial charge in [-0.25, -0.2) is 4.79 Å². The first-order valence-corrected chi connectivity index (χ1v) is 5.76. The van der Waals surface area contributed by atoms with E-state index in [4.69, 9.17) is 16.7 Å². The molecule has 0 saturated heterocycles. The largest absolute Gasteiger partial charge is 0.477 e. The molecule has 16 heavy (non-hydrogen) atoms. The van der Waals surface area contributed by atoms with Gasteiger partial charge in [-0.2, -0.15) is 0 Å². The topological polar surface area (TPSA) is 49.3 Å². The smallest absolute Gasteiger partial charge is 0.348 e. The molecule has 2 N–H and O–H groups in total. The number of carboxylic acid groups (broad SMARTS) is 1. The molecule has 5 heteroatoms. The molecule has 0 bridgehead atoms. The third kappa shape index (κ3) is 2.18. The van der Waals surface area contributed by atoms with Crippen molar-refractivity contribution in [2.45, 2.75) is 0 Å². The molecule has 0 spiro atoms. The second kappa shape index (κ2) is 4.55. The maximum absolute atomic E-state index is 10.9. The van der Waals surface area contributed by atoms with Crippen LogP contribution in [0.5, 0.6) is 0 Å². The number of hydrogen-bond acceptors (Lipinski definition) is 3. The molecule has 2 aromatic rings. The fourth-order valence-corrected chi connectivity index (χ4v) is 2.15. The number of benzene rings is 1. The second-order valence-corrected chi connectivity index (χ2v) is 4.40. The summed E-state index contributed by atoms with van der Waals surface area (Å²) in [6, 6.07) is 8.92. The van der Waals surface area contributed by atoms with Crippen molar-refractivity contribution in [3.8, 4) is 0 Å². The summed E-state index contributed by atoms with van der Waals surface area (Å²) in [5, 5.41) is 14.2. The van der Waals surface area contributed by atoms with Gasteiger partial charge in [0.25, 0.3) is 0 Å². The van der Waals surface area contributed by atoms with Crippen molar-refractivity contribution in [2.75, 3.05) is 5.32 Å². The highest BCUT2D eigenvalue weighted by Crippen LogP contribution is 2.29. The van der Waals surface area contributed by atoms with Gasteiger partial charge in [0.2, 0.25) is 0 Å². The number of hydrogen-bond donors (Lipinski definition) is 2. The normalized spacial score (nSPS) is 10.1. The molecule has 0 amide bonds.